The molecule has 1 aliphatic carbocycles. The maximum atomic E-state index is 12.2. The highest BCUT2D eigenvalue weighted by Gasteiger charge is 2.36. The molecule has 4 nitrogen and oxygen atoms in total. The van der Waals surface area contributed by atoms with Crippen molar-refractivity contribution in [2.75, 3.05) is 6.54 Å². The number of carbonyl (C=O) groups is 1. The van der Waals surface area contributed by atoms with Gasteiger partial charge in [0.2, 0.25) is 5.91 Å². The Morgan fingerprint density at radius 3 is 2.81 bits per heavy atom. The maximum absolute atomic E-state index is 12.2. The summed E-state index contributed by atoms with van der Waals surface area (Å²) in [5.41, 5.74) is 1.18. The first-order valence-corrected chi connectivity index (χ1v) is 7.31. The molecule has 0 fully saturated rings. The Kier molecular flexibility index (Phi) is 3.55. The molecule has 0 saturated heterocycles. The van der Waals surface area contributed by atoms with Crippen LogP contribution in [0.25, 0.3) is 0 Å². The smallest absolute Gasteiger partial charge is 0.242 e. The highest BCUT2D eigenvalue weighted by molar-refractivity contribution is 5.80. The van der Waals surface area contributed by atoms with Crippen LogP contribution in [0.3, 0.4) is 0 Å². The van der Waals surface area contributed by atoms with Gasteiger partial charge in [0.05, 0.1) is 6.54 Å². The number of amides is 1. The Bertz CT molecular complexity index is 636. The molecule has 0 bridgehead atoms. The molecule has 21 heavy (non-hydrogen) atoms. The minimum atomic E-state index is -0.942. The molecule has 1 aromatic carbocycles. The highest BCUT2D eigenvalue weighted by atomic mass is 16.3. The number of fused-ring (bicyclic) bond motifs is 1. The molecular weight excluding hydrogens is 264 g/mol. The van der Waals surface area contributed by atoms with Gasteiger partial charge in [0.25, 0.3) is 0 Å². The first-order valence-electron chi connectivity index (χ1n) is 7.31. The van der Waals surface area contributed by atoms with Crippen molar-refractivity contribution in [3.8, 4) is 0 Å². The normalized spacial score (nSPS) is 21.8. The lowest BCUT2D eigenvalue weighted by Crippen LogP contribution is -2.41. The molecule has 4 heteroatoms. The van der Waals surface area contributed by atoms with E-state index >= 15 is 0 Å². The molecule has 1 heterocycles. The van der Waals surface area contributed by atoms with Crippen LogP contribution in [0.5, 0.6) is 0 Å². The predicted octanol–water partition coefficient (Wildman–Crippen LogP) is 2.00. The van der Waals surface area contributed by atoms with Gasteiger partial charge in [-0.05, 0) is 43.0 Å². The van der Waals surface area contributed by atoms with Crippen LogP contribution in [0.2, 0.25) is 0 Å². The number of nitrogens with one attached hydrogen (secondary N) is 1. The van der Waals surface area contributed by atoms with E-state index in [1.807, 2.05) is 60.3 Å². The van der Waals surface area contributed by atoms with Gasteiger partial charge in [0, 0.05) is 12.4 Å². The van der Waals surface area contributed by atoms with Gasteiger partial charge in [-0.15, -0.1) is 0 Å². The monoisotopic (exact) mass is 284 g/mol. The molecule has 2 unspecified atom stereocenters. The van der Waals surface area contributed by atoms with Gasteiger partial charge in [-0.1, -0.05) is 24.3 Å². The van der Waals surface area contributed by atoms with Crippen LogP contribution in [0.1, 0.15) is 30.5 Å². The molecule has 1 amide bonds. The summed E-state index contributed by atoms with van der Waals surface area (Å²) in [6.07, 6.45) is 5.24. The second-order valence-corrected chi connectivity index (χ2v) is 5.71. The zero-order chi connectivity index (χ0) is 14.9. The van der Waals surface area contributed by atoms with Crippen molar-refractivity contribution >= 4 is 5.91 Å². The number of hydrogen-bond donors (Lipinski definition) is 2. The molecule has 0 spiro atoms. The number of aliphatic hydroxyl groups is 1. The van der Waals surface area contributed by atoms with Gasteiger partial charge in [0.1, 0.15) is 11.6 Å². The van der Waals surface area contributed by atoms with Crippen molar-refractivity contribution in [1.29, 1.82) is 0 Å². The summed E-state index contributed by atoms with van der Waals surface area (Å²) in [4.78, 5) is 12.2. The summed E-state index contributed by atoms with van der Waals surface area (Å²) in [5, 5.41) is 13.7. The van der Waals surface area contributed by atoms with E-state index in [1.54, 1.807) is 0 Å². The fourth-order valence-electron chi connectivity index (χ4n) is 2.97. The second kappa shape index (κ2) is 5.37. The summed E-state index contributed by atoms with van der Waals surface area (Å²) < 4.78 is 1.85. The van der Waals surface area contributed by atoms with E-state index in [-0.39, 0.29) is 18.5 Å². The maximum Gasteiger partial charge on any atom is 0.242 e. The number of aryl methyl sites for hydroxylation is 1. The fraction of sp³-hybridized carbons (Fsp3) is 0.353. The van der Waals surface area contributed by atoms with E-state index in [4.69, 9.17) is 0 Å². The number of rotatable bonds is 4. The van der Waals surface area contributed by atoms with Crippen molar-refractivity contribution in [2.24, 2.45) is 0 Å². The number of nitrogens with zero attached hydrogens (tertiary/aromatic N) is 1. The summed E-state index contributed by atoms with van der Waals surface area (Å²) >= 11 is 0. The van der Waals surface area contributed by atoms with Crippen LogP contribution in [0.4, 0.5) is 0 Å². The molecule has 0 aliphatic heterocycles. The zero-order valence-corrected chi connectivity index (χ0v) is 12.1. The minimum Gasteiger partial charge on any atom is -0.383 e. The molecule has 2 N–H and O–H groups in total. The van der Waals surface area contributed by atoms with Crippen LogP contribution in [0.15, 0.2) is 48.8 Å². The fourth-order valence-corrected chi connectivity index (χ4v) is 2.97. The third-order valence-corrected chi connectivity index (χ3v) is 4.34. The number of aromatic nitrogens is 1. The van der Waals surface area contributed by atoms with E-state index < -0.39 is 5.60 Å². The lowest BCUT2D eigenvalue weighted by Gasteiger charge is -2.25. The molecule has 1 aromatic heterocycles. The Labute approximate surface area is 124 Å². The van der Waals surface area contributed by atoms with Crippen LogP contribution < -0.4 is 5.32 Å². The van der Waals surface area contributed by atoms with Crippen molar-refractivity contribution in [3.63, 3.8) is 0 Å². The minimum absolute atomic E-state index is 0.0796. The lowest BCUT2D eigenvalue weighted by atomic mass is 9.96. The molecule has 0 saturated carbocycles. The van der Waals surface area contributed by atoms with E-state index in [0.717, 1.165) is 12.0 Å². The van der Waals surface area contributed by atoms with Gasteiger partial charge in [-0.2, -0.15) is 0 Å². The SMILES string of the molecule is CC(C(=O)NCC1(O)CCc2ccccc21)n1cccc1. The first kappa shape index (κ1) is 13.9. The van der Waals surface area contributed by atoms with Crippen LogP contribution in [-0.2, 0) is 16.8 Å². The standard InChI is InChI=1S/C17H20N2O2/c1-13(19-10-4-5-11-19)16(20)18-12-17(21)9-8-14-6-2-3-7-15(14)17/h2-7,10-11,13,21H,8-9,12H2,1H3,(H,18,20). The van der Waals surface area contributed by atoms with Crippen LogP contribution in [-0.4, -0.2) is 22.1 Å². The number of hydrogen-bond acceptors (Lipinski definition) is 2. The zero-order valence-electron chi connectivity index (χ0n) is 12.1. The summed E-state index contributed by atoms with van der Waals surface area (Å²) in [6.45, 7) is 2.11. The Balaban J connectivity index is 1.67. The number of carbonyl (C=O) groups excluding carboxylic acids is 1. The molecular formula is C17H20N2O2. The molecule has 0 radical (unpaired) electrons. The summed E-state index contributed by atoms with van der Waals surface area (Å²) in [6, 6.07) is 11.4. The van der Waals surface area contributed by atoms with Crippen molar-refractivity contribution in [2.45, 2.75) is 31.4 Å². The first-order chi connectivity index (χ1) is 10.1. The van der Waals surface area contributed by atoms with Gasteiger partial charge >= 0.3 is 0 Å². The van der Waals surface area contributed by atoms with Crippen molar-refractivity contribution < 1.29 is 9.90 Å². The van der Waals surface area contributed by atoms with E-state index in [9.17, 15) is 9.90 Å². The van der Waals surface area contributed by atoms with Gasteiger partial charge in [-0.3, -0.25) is 4.79 Å². The molecule has 2 aromatic rings. The quantitative estimate of drug-likeness (QED) is 0.902. The highest BCUT2D eigenvalue weighted by Crippen LogP contribution is 2.36. The summed E-state index contributed by atoms with van der Waals surface area (Å²) in [5.74, 6) is -0.0796. The van der Waals surface area contributed by atoms with E-state index in [1.165, 1.54) is 5.56 Å². The van der Waals surface area contributed by atoms with E-state index in [2.05, 4.69) is 5.32 Å². The van der Waals surface area contributed by atoms with Crippen LogP contribution in [0, 0.1) is 0 Å². The third kappa shape index (κ3) is 2.59. The lowest BCUT2D eigenvalue weighted by molar-refractivity contribution is -0.125. The molecule has 3 rings (SSSR count). The largest absolute Gasteiger partial charge is 0.383 e. The number of benzene rings is 1. The van der Waals surface area contributed by atoms with Crippen molar-refractivity contribution in [1.82, 2.24) is 9.88 Å². The predicted molar refractivity (Wildman–Crippen MR) is 80.8 cm³/mol. The summed E-state index contributed by atoms with van der Waals surface area (Å²) in [7, 11) is 0. The average Bonchev–Trinajstić information content (AvgIpc) is 3.14. The Morgan fingerprint density at radius 2 is 2.05 bits per heavy atom. The average molecular weight is 284 g/mol. The van der Waals surface area contributed by atoms with Gasteiger partial charge in [0.15, 0.2) is 0 Å². The third-order valence-electron chi connectivity index (χ3n) is 4.34. The van der Waals surface area contributed by atoms with Gasteiger partial charge in [-0.25, -0.2) is 0 Å². The molecule has 110 valence electrons. The Hall–Kier alpha value is -2.07. The Morgan fingerprint density at radius 1 is 1.33 bits per heavy atom. The molecule has 2 atom stereocenters. The van der Waals surface area contributed by atoms with Crippen LogP contribution >= 0.6 is 0 Å². The molecule has 1 aliphatic rings. The van der Waals surface area contributed by atoms with E-state index in [0.29, 0.717) is 6.42 Å². The topological polar surface area (TPSA) is 54.3 Å². The van der Waals surface area contributed by atoms with Gasteiger partial charge < -0.3 is 15.0 Å². The second-order valence-electron chi connectivity index (χ2n) is 5.71. The van der Waals surface area contributed by atoms with Crippen molar-refractivity contribution in [3.05, 3.63) is 59.9 Å².